The first-order valence-electron chi connectivity index (χ1n) is 5.11. The second-order valence-electron chi connectivity index (χ2n) is 4.42. The fourth-order valence-corrected chi connectivity index (χ4v) is 2.34. The molecule has 0 aromatic heterocycles. The molecule has 0 spiro atoms. The minimum Gasteiger partial charge on any atom is -0.393 e. The van der Waals surface area contributed by atoms with E-state index in [1.807, 2.05) is 0 Å². The monoisotopic (exact) mass is 191 g/mol. The Morgan fingerprint density at radius 1 is 1.50 bits per heavy atom. The smallest absolute Gasteiger partial charge is 0.0558 e. The van der Waals surface area contributed by atoms with E-state index in [-0.39, 0.29) is 11.5 Å². The predicted molar refractivity (Wildman–Crippen MR) is 57.2 cm³/mol. The van der Waals surface area contributed by atoms with Gasteiger partial charge in [-0.15, -0.1) is 0 Å². The van der Waals surface area contributed by atoms with Crippen molar-refractivity contribution in [2.24, 2.45) is 5.73 Å². The van der Waals surface area contributed by atoms with Gasteiger partial charge in [-0.3, -0.25) is 0 Å². The summed E-state index contributed by atoms with van der Waals surface area (Å²) >= 11 is 0. The van der Waals surface area contributed by atoms with E-state index in [1.54, 1.807) is 0 Å². The molecule has 0 unspecified atom stereocenters. The summed E-state index contributed by atoms with van der Waals surface area (Å²) in [6.45, 7) is 2.72. The van der Waals surface area contributed by atoms with Crippen molar-refractivity contribution in [1.29, 1.82) is 0 Å². The van der Waals surface area contributed by atoms with E-state index < -0.39 is 0 Å². The van der Waals surface area contributed by atoms with Crippen LogP contribution in [-0.4, -0.2) is 17.8 Å². The molecule has 3 N–H and O–H groups in total. The van der Waals surface area contributed by atoms with Gasteiger partial charge in [0.15, 0.2) is 0 Å². The van der Waals surface area contributed by atoms with Crippen LogP contribution in [0.4, 0.5) is 0 Å². The molecule has 0 aliphatic heterocycles. The quantitative estimate of drug-likeness (QED) is 0.741. The van der Waals surface area contributed by atoms with Gasteiger partial charge in [-0.1, -0.05) is 29.8 Å². The number of aliphatic hydroxyl groups excluding tert-OH is 1. The summed E-state index contributed by atoms with van der Waals surface area (Å²) < 4.78 is 0. The van der Waals surface area contributed by atoms with E-state index in [2.05, 4.69) is 31.2 Å². The first kappa shape index (κ1) is 9.69. The van der Waals surface area contributed by atoms with E-state index in [0.29, 0.717) is 6.54 Å². The molecule has 2 heteroatoms. The summed E-state index contributed by atoms with van der Waals surface area (Å²) in [6, 6.07) is 8.44. The summed E-state index contributed by atoms with van der Waals surface area (Å²) in [6.07, 6.45) is 1.47. The minimum atomic E-state index is -0.154. The summed E-state index contributed by atoms with van der Waals surface area (Å²) in [7, 11) is 0. The Morgan fingerprint density at radius 3 is 2.71 bits per heavy atom. The van der Waals surface area contributed by atoms with Gasteiger partial charge in [0.05, 0.1) is 6.10 Å². The second kappa shape index (κ2) is 3.37. The third-order valence-electron chi connectivity index (χ3n) is 3.27. The molecular weight excluding hydrogens is 174 g/mol. The van der Waals surface area contributed by atoms with E-state index >= 15 is 0 Å². The number of benzene rings is 1. The first-order chi connectivity index (χ1) is 6.66. The summed E-state index contributed by atoms with van der Waals surface area (Å²) in [5, 5.41) is 9.39. The fourth-order valence-electron chi connectivity index (χ4n) is 2.34. The Morgan fingerprint density at radius 2 is 2.21 bits per heavy atom. The normalized spacial score (nSPS) is 31.2. The summed E-state index contributed by atoms with van der Waals surface area (Å²) in [4.78, 5) is 0. The Labute approximate surface area is 84.7 Å². The van der Waals surface area contributed by atoms with E-state index in [1.165, 1.54) is 11.1 Å². The zero-order valence-electron chi connectivity index (χ0n) is 8.53. The molecule has 1 saturated carbocycles. The molecule has 2 nitrogen and oxygen atoms in total. The lowest BCUT2D eigenvalue weighted by Gasteiger charge is -2.45. The lowest BCUT2D eigenvalue weighted by atomic mass is 9.62. The van der Waals surface area contributed by atoms with Crippen molar-refractivity contribution in [3.8, 4) is 0 Å². The van der Waals surface area contributed by atoms with Crippen molar-refractivity contribution in [2.45, 2.75) is 31.3 Å². The maximum Gasteiger partial charge on any atom is 0.0558 e. The maximum absolute atomic E-state index is 9.39. The number of hydrogen-bond donors (Lipinski definition) is 2. The van der Waals surface area contributed by atoms with Gasteiger partial charge < -0.3 is 10.8 Å². The lowest BCUT2D eigenvalue weighted by molar-refractivity contribution is 0.0221. The van der Waals surface area contributed by atoms with Crippen LogP contribution in [0.5, 0.6) is 0 Å². The molecule has 0 amide bonds. The number of aryl methyl sites for hydroxylation is 1. The molecular formula is C12H17NO. The highest BCUT2D eigenvalue weighted by Gasteiger charge is 2.43. The van der Waals surface area contributed by atoms with Gasteiger partial charge >= 0.3 is 0 Å². The van der Waals surface area contributed by atoms with Gasteiger partial charge in [0.2, 0.25) is 0 Å². The van der Waals surface area contributed by atoms with Crippen LogP contribution in [0, 0.1) is 6.92 Å². The largest absolute Gasteiger partial charge is 0.393 e. The Bertz CT molecular complexity index is 329. The Kier molecular flexibility index (Phi) is 2.33. The summed E-state index contributed by atoms with van der Waals surface area (Å²) in [5.41, 5.74) is 8.39. The van der Waals surface area contributed by atoms with Gasteiger partial charge in [0, 0.05) is 12.0 Å². The summed E-state index contributed by atoms with van der Waals surface area (Å²) in [5.74, 6) is 0. The number of nitrogens with two attached hydrogens (primary N) is 1. The Balaban J connectivity index is 2.29. The topological polar surface area (TPSA) is 46.2 Å². The molecule has 2 rings (SSSR count). The second-order valence-corrected chi connectivity index (χ2v) is 4.42. The van der Waals surface area contributed by atoms with Crippen LogP contribution in [-0.2, 0) is 5.41 Å². The molecule has 76 valence electrons. The van der Waals surface area contributed by atoms with Crippen LogP contribution in [0.3, 0.4) is 0 Å². The van der Waals surface area contributed by atoms with Gasteiger partial charge in [0.1, 0.15) is 0 Å². The predicted octanol–water partition coefficient (Wildman–Crippen LogP) is 1.35. The standard InChI is InChI=1S/C12H17NO/c1-9-3-2-4-10(5-9)12(8-13)6-11(14)7-12/h2-5,11,14H,6-8,13H2,1H3. The van der Waals surface area contributed by atoms with Crippen LogP contribution in [0.15, 0.2) is 24.3 Å². The van der Waals surface area contributed by atoms with Crippen molar-refractivity contribution in [3.05, 3.63) is 35.4 Å². The highest BCUT2D eigenvalue weighted by Crippen LogP contribution is 2.43. The zero-order valence-corrected chi connectivity index (χ0v) is 8.53. The minimum absolute atomic E-state index is 0.0471. The molecule has 14 heavy (non-hydrogen) atoms. The third kappa shape index (κ3) is 1.45. The number of aliphatic hydroxyl groups is 1. The average Bonchev–Trinajstić information content (AvgIpc) is 2.12. The number of rotatable bonds is 2. The molecule has 1 aromatic carbocycles. The molecule has 1 aromatic rings. The van der Waals surface area contributed by atoms with Crippen molar-refractivity contribution >= 4 is 0 Å². The zero-order chi connectivity index (χ0) is 10.2. The average molecular weight is 191 g/mol. The molecule has 0 radical (unpaired) electrons. The van der Waals surface area contributed by atoms with Gasteiger partial charge in [-0.2, -0.15) is 0 Å². The highest BCUT2D eigenvalue weighted by atomic mass is 16.3. The highest BCUT2D eigenvalue weighted by molar-refractivity contribution is 5.33. The van der Waals surface area contributed by atoms with Crippen molar-refractivity contribution in [2.75, 3.05) is 6.54 Å². The van der Waals surface area contributed by atoms with E-state index in [0.717, 1.165) is 12.8 Å². The van der Waals surface area contributed by atoms with Gasteiger partial charge in [0.25, 0.3) is 0 Å². The molecule has 1 aliphatic rings. The van der Waals surface area contributed by atoms with Gasteiger partial charge in [-0.25, -0.2) is 0 Å². The maximum atomic E-state index is 9.39. The van der Waals surface area contributed by atoms with E-state index in [4.69, 9.17) is 5.73 Å². The van der Waals surface area contributed by atoms with E-state index in [9.17, 15) is 5.11 Å². The van der Waals surface area contributed by atoms with Crippen molar-refractivity contribution < 1.29 is 5.11 Å². The molecule has 0 heterocycles. The van der Waals surface area contributed by atoms with Crippen molar-refractivity contribution in [1.82, 2.24) is 0 Å². The lowest BCUT2D eigenvalue weighted by Crippen LogP contribution is -2.49. The molecule has 0 saturated heterocycles. The molecule has 1 aliphatic carbocycles. The fraction of sp³-hybridized carbons (Fsp3) is 0.500. The first-order valence-corrected chi connectivity index (χ1v) is 5.11. The number of hydrogen-bond acceptors (Lipinski definition) is 2. The Hall–Kier alpha value is -0.860. The molecule has 0 bridgehead atoms. The molecule has 0 atom stereocenters. The molecule has 1 fully saturated rings. The van der Waals surface area contributed by atoms with Crippen LogP contribution < -0.4 is 5.73 Å². The van der Waals surface area contributed by atoms with Gasteiger partial charge in [-0.05, 0) is 25.3 Å². The van der Waals surface area contributed by atoms with Crippen LogP contribution >= 0.6 is 0 Å². The SMILES string of the molecule is Cc1cccc(C2(CN)CC(O)C2)c1. The third-order valence-corrected chi connectivity index (χ3v) is 3.27. The van der Waals surface area contributed by atoms with Crippen molar-refractivity contribution in [3.63, 3.8) is 0 Å². The van der Waals surface area contributed by atoms with Crippen LogP contribution in [0.2, 0.25) is 0 Å². The van der Waals surface area contributed by atoms with Crippen LogP contribution in [0.1, 0.15) is 24.0 Å². The van der Waals surface area contributed by atoms with Crippen LogP contribution in [0.25, 0.3) is 0 Å².